The van der Waals surface area contributed by atoms with Crippen molar-refractivity contribution in [2.45, 2.75) is 12.2 Å². The van der Waals surface area contributed by atoms with Crippen molar-refractivity contribution >= 4 is 41.5 Å². The van der Waals surface area contributed by atoms with E-state index in [0.29, 0.717) is 31.0 Å². The Bertz CT molecular complexity index is 849. The lowest BCUT2D eigenvalue weighted by molar-refractivity contribution is 0.0650. The average molecular weight is 447 g/mol. The smallest absolute Gasteiger partial charge is 0.336 e. The summed E-state index contributed by atoms with van der Waals surface area (Å²) in [6.07, 6.45) is 2.34. The van der Waals surface area contributed by atoms with Crippen LogP contribution in [0.25, 0.3) is 6.08 Å². The van der Waals surface area contributed by atoms with Crippen LogP contribution in [0.15, 0.2) is 49.0 Å². The molecule has 2 aromatic carbocycles. The Labute approximate surface area is 185 Å². The van der Waals surface area contributed by atoms with Crippen LogP contribution < -0.4 is 0 Å². The molecule has 30 heavy (non-hydrogen) atoms. The first kappa shape index (κ1) is 24.1. The molecule has 0 aliphatic rings. The number of benzene rings is 2. The van der Waals surface area contributed by atoms with E-state index >= 15 is 0 Å². The van der Waals surface area contributed by atoms with E-state index in [4.69, 9.17) is 9.84 Å². The topological polar surface area (TPSA) is 83.8 Å². The molecule has 160 valence electrons. The monoisotopic (exact) mass is 446 g/mol. The molecule has 5 nitrogen and oxygen atoms in total. The zero-order valence-electron chi connectivity index (χ0n) is 16.7. The van der Waals surface area contributed by atoms with Gasteiger partial charge in [0.15, 0.2) is 0 Å². The molecule has 7 heteroatoms. The highest BCUT2D eigenvalue weighted by molar-refractivity contribution is 7.99. The summed E-state index contributed by atoms with van der Waals surface area (Å²) in [4.78, 5) is 22.6. The lowest BCUT2D eigenvalue weighted by Crippen LogP contribution is -2.12. The average Bonchev–Trinajstić information content (AvgIpc) is 2.75. The van der Waals surface area contributed by atoms with Gasteiger partial charge in [-0.2, -0.15) is 23.5 Å². The van der Waals surface area contributed by atoms with Crippen LogP contribution in [0.5, 0.6) is 0 Å². The molecule has 0 aromatic heterocycles. The minimum absolute atomic E-state index is 0.113. The largest absolute Gasteiger partial charge is 0.478 e. The highest BCUT2D eigenvalue weighted by Crippen LogP contribution is 2.18. The molecule has 0 saturated carbocycles. The minimum atomic E-state index is -1.22. The number of carboxylic acids is 2. The Hall–Kier alpha value is -2.22. The van der Waals surface area contributed by atoms with Crippen molar-refractivity contribution in [2.75, 3.05) is 30.5 Å². The molecule has 2 aromatic rings. The normalized spacial score (nSPS) is 10.7. The molecule has 0 heterocycles. The lowest BCUT2D eigenvalue weighted by atomic mass is 9.99. The zero-order valence-corrected chi connectivity index (χ0v) is 18.3. The maximum absolute atomic E-state index is 11.4. The summed E-state index contributed by atoms with van der Waals surface area (Å²) in [6, 6.07) is 12.9. The summed E-state index contributed by atoms with van der Waals surface area (Å²) in [5, 5.41) is 18.5. The molecule has 0 bridgehead atoms. The second-order valence-corrected chi connectivity index (χ2v) is 8.75. The van der Waals surface area contributed by atoms with Crippen molar-refractivity contribution in [3.63, 3.8) is 0 Å². The number of rotatable bonds is 14. The van der Waals surface area contributed by atoms with Crippen LogP contribution in [0.4, 0.5) is 0 Å². The fourth-order valence-corrected chi connectivity index (χ4v) is 4.41. The van der Waals surface area contributed by atoms with Gasteiger partial charge >= 0.3 is 11.9 Å². The molecule has 0 atom stereocenters. The molecular formula is C23H26O5S2. The van der Waals surface area contributed by atoms with Gasteiger partial charge in [0.25, 0.3) is 0 Å². The van der Waals surface area contributed by atoms with Crippen LogP contribution in [0, 0.1) is 0 Å². The molecule has 2 rings (SSSR count). The third-order valence-electron chi connectivity index (χ3n) is 4.34. The fraction of sp³-hybridized carbons (Fsp3) is 0.304. The van der Waals surface area contributed by atoms with E-state index in [2.05, 4.69) is 30.8 Å². The molecule has 0 spiro atoms. The van der Waals surface area contributed by atoms with Crippen LogP contribution in [-0.2, 0) is 16.9 Å². The van der Waals surface area contributed by atoms with Gasteiger partial charge in [0.2, 0.25) is 0 Å². The van der Waals surface area contributed by atoms with Crippen molar-refractivity contribution in [1.82, 2.24) is 0 Å². The molecule has 0 saturated heterocycles. The van der Waals surface area contributed by atoms with E-state index < -0.39 is 11.9 Å². The molecule has 2 N–H and O–H groups in total. The van der Waals surface area contributed by atoms with Gasteiger partial charge in [-0.1, -0.05) is 49.1 Å². The molecule has 0 aliphatic carbocycles. The minimum Gasteiger partial charge on any atom is -0.478 e. The lowest BCUT2D eigenvalue weighted by Gasteiger charge is -2.09. The Morgan fingerprint density at radius 3 is 2.27 bits per heavy atom. The van der Waals surface area contributed by atoms with Crippen molar-refractivity contribution in [2.24, 2.45) is 0 Å². The first-order chi connectivity index (χ1) is 14.5. The predicted octanol–water partition coefficient (Wildman–Crippen LogP) is 4.95. The Kier molecular flexibility index (Phi) is 10.5. The van der Waals surface area contributed by atoms with Crippen LogP contribution in [-0.4, -0.2) is 52.6 Å². The third kappa shape index (κ3) is 7.89. The number of ether oxygens (including phenoxy) is 1. The molecular weight excluding hydrogens is 420 g/mol. The van der Waals surface area contributed by atoms with Crippen molar-refractivity contribution in [3.8, 4) is 0 Å². The second-order valence-electron chi connectivity index (χ2n) is 6.42. The Morgan fingerprint density at radius 1 is 0.933 bits per heavy atom. The van der Waals surface area contributed by atoms with Crippen LogP contribution >= 0.6 is 23.5 Å². The summed E-state index contributed by atoms with van der Waals surface area (Å²) in [5.74, 6) is 0.985. The maximum Gasteiger partial charge on any atom is 0.336 e. The van der Waals surface area contributed by atoms with Crippen LogP contribution in [0.3, 0.4) is 0 Å². The number of hydrogen-bond acceptors (Lipinski definition) is 5. The number of thioether (sulfide) groups is 2. The van der Waals surface area contributed by atoms with Gasteiger partial charge < -0.3 is 14.9 Å². The second kappa shape index (κ2) is 13.2. The number of aryl methyl sites for hydroxylation is 1. The Morgan fingerprint density at radius 2 is 1.63 bits per heavy atom. The highest BCUT2D eigenvalue weighted by atomic mass is 32.2. The van der Waals surface area contributed by atoms with Gasteiger partial charge in [0.1, 0.15) is 0 Å². The first-order valence-corrected chi connectivity index (χ1v) is 11.9. The molecule has 0 fully saturated rings. The van der Waals surface area contributed by atoms with E-state index in [9.17, 15) is 14.7 Å². The number of carboxylic acid groups (broad SMARTS) is 2. The number of carbonyl (C=O) groups is 2. The van der Waals surface area contributed by atoms with Crippen LogP contribution in [0.2, 0.25) is 0 Å². The van der Waals surface area contributed by atoms with E-state index in [0.717, 1.165) is 22.8 Å². The maximum atomic E-state index is 11.4. The van der Waals surface area contributed by atoms with E-state index in [-0.39, 0.29) is 11.1 Å². The van der Waals surface area contributed by atoms with Gasteiger partial charge in [-0.25, -0.2) is 9.59 Å². The first-order valence-electron chi connectivity index (χ1n) is 9.56. The van der Waals surface area contributed by atoms with E-state index in [1.54, 1.807) is 23.9 Å². The quantitative estimate of drug-likeness (QED) is 0.397. The number of hydrogen-bond donors (Lipinski definition) is 2. The van der Waals surface area contributed by atoms with Gasteiger partial charge in [-0.3, -0.25) is 0 Å². The molecule has 0 radical (unpaired) electrons. The van der Waals surface area contributed by atoms with Crippen molar-refractivity contribution in [3.05, 3.63) is 76.9 Å². The van der Waals surface area contributed by atoms with E-state index in [1.807, 2.05) is 17.8 Å². The van der Waals surface area contributed by atoms with Gasteiger partial charge in [0, 0.05) is 17.3 Å². The predicted molar refractivity (Wildman–Crippen MR) is 125 cm³/mol. The Balaban J connectivity index is 1.58. The standard InChI is InChI=1S/C23H26O5S2/c1-2-17-6-8-18(9-7-17)16-30-15-12-28-11-14-29-13-10-19-4-3-5-20(22(24)25)21(19)23(26)27/h2-9H,1,10-16H2,(H,24,25)(H,26,27). The highest BCUT2D eigenvalue weighted by Gasteiger charge is 2.19. The number of aromatic carboxylic acids is 2. The van der Waals surface area contributed by atoms with Crippen LogP contribution in [0.1, 0.15) is 37.4 Å². The zero-order chi connectivity index (χ0) is 21.8. The van der Waals surface area contributed by atoms with Gasteiger partial charge in [-0.15, -0.1) is 0 Å². The summed E-state index contributed by atoms with van der Waals surface area (Å²) in [7, 11) is 0. The molecule has 0 aliphatic heterocycles. The fourth-order valence-electron chi connectivity index (χ4n) is 2.80. The molecule has 0 amide bonds. The summed E-state index contributed by atoms with van der Waals surface area (Å²) in [5.41, 5.74) is 2.68. The summed E-state index contributed by atoms with van der Waals surface area (Å²) < 4.78 is 5.65. The SMILES string of the molecule is C=Cc1ccc(CSCCOCCSCCc2cccc(C(=O)O)c2C(=O)O)cc1. The van der Waals surface area contributed by atoms with Crippen molar-refractivity contribution < 1.29 is 24.5 Å². The summed E-state index contributed by atoms with van der Waals surface area (Å²) in [6.45, 7) is 5.08. The third-order valence-corrected chi connectivity index (χ3v) is 6.28. The van der Waals surface area contributed by atoms with Gasteiger partial charge in [0.05, 0.1) is 24.3 Å². The van der Waals surface area contributed by atoms with Crippen molar-refractivity contribution in [1.29, 1.82) is 0 Å². The van der Waals surface area contributed by atoms with E-state index in [1.165, 1.54) is 11.6 Å². The summed E-state index contributed by atoms with van der Waals surface area (Å²) >= 11 is 3.50. The van der Waals surface area contributed by atoms with Gasteiger partial charge in [-0.05, 0) is 34.9 Å². The molecule has 0 unspecified atom stereocenters.